The van der Waals surface area contributed by atoms with Crippen LogP contribution in [0.2, 0.25) is 0 Å². The molecule has 0 spiro atoms. The van der Waals surface area contributed by atoms with Crippen LogP contribution in [0.5, 0.6) is 0 Å². The summed E-state index contributed by atoms with van der Waals surface area (Å²) in [5, 5.41) is 3.74. The third-order valence-corrected chi connectivity index (χ3v) is 3.86. The molecule has 3 heteroatoms. The molecule has 0 N–H and O–H groups in total. The van der Waals surface area contributed by atoms with Gasteiger partial charge < -0.3 is 0 Å². The van der Waals surface area contributed by atoms with Crippen molar-refractivity contribution in [2.75, 3.05) is 0 Å². The zero-order valence-corrected chi connectivity index (χ0v) is 9.15. The molecule has 2 atom stereocenters. The fraction of sp³-hybridized carbons (Fsp3) is 0.700. The van der Waals surface area contributed by atoms with Crippen molar-refractivity contribution < 1.29 is 0 Å². The van der Waals surface area contributed by atoms with Crippen LogP contribution in [0.15, 0.2) is 11.6 Å². The highest BCUT2D eigenvalue weighted by Crippen LogP contribution is 2.30. The van der Waals surface area contributed by atoms with E-state index < -0.39 is 0 Å². The zero-order valence-electron chi connectivity index (χ0n) is 7.58. The highest BCUT2D eigenvalue weighted by molar-refractivity contribution is 7.09. The Morgan fingerprint density at radius 2 is 2.46 bits per heavy atom. The van der Waals surface area contributed by atoms with Crippen molar-refractivity contribution in [1.29, 1.82) is 0 Å². The van der Waals surface area contributed by atoms with Crippen LogP contribution in [0.1, 0.15) is 30.7 Å². The summed E-state index contributed by atoms with van der Waals surface area (Å²) in [6, 6.07) is 0. The van der Waals surface area contributed by atoms with Gasteiger partial charge in [0.15, 0.2) is 0 Å². The third-order valence-electron chi connectivity index (χ3n) is 2.67. The highest BCUT2D eigenvalue weighted by atomic mass is 35.5. The normalized spacial score (nSPS) is 29.0. The van der Waals surface area contributed by atoms with Gasteiger partial charge in [0.05, 0.1) is 5.01 Å². The van der Waals surface area contributed by atoms with Crippen LogP contribution in [0, 0.1) is 5.92 Å². The molecule has 1 aromatic rings. The molecule has 72 valence electrons. The Morgan fingerprint density at radius 1 is 1.54 bits per heavy atom. The zero-order chi connectivity index (χ0) is 9.10. The summed E-state index contributed by atoms with van der Waals surface area (Å²) < 4.78 is 0. The molecule has 13 heavy (non-hydrogen) atoms. The highest BCUT2D eigenvalue weighted by Gasteiger charge is 2.20. The maximum absolute atomic E-state index is 6.13. The average molecular weight is 216 g/mol. The van der Waals surface area contributed by atoms with E-state index in [1.54, 1.807) is 11.3 Å². The molecular formula is C10H14ClNS. The van der Waals surface area contributed by atoms with Crippen LogP contribution in [-0.2, 0) is 6.42 Å². The Bertz CT molecular complexity index is 247. The van der Waals surface area contributed by atoms with E-state index in [0.29, 0.717) is 5.38 Å². The van der Waals surface area contributed by atoms with Crippen LogP contribution in [0.4, 0.5) is 0 Å². The lowest BCUT2D eigenvalue weighted by Gasteiger charge is -2.24. The van der Waals surface area contributed by atoms with Crippen LogP contribution in [0.3, 0.4) is 0 Å². The first-order valence-electron chi connectivity index (χ1n) is 4.87. The van der Waals surface area contributed by atoms with Gasteiger partial charge in [-0.15, -0.1) is 22.9 Å². The molecule has 2 unspecified atom stereocenters. The summed E-state index contributed by atoms with van der Waals surface area (Å²) >= 11 is 7.90. The Kier molecular flexibility index (Phi) is 3.23. The topological polar surface area (TPSA) is 12.9 Å². The number of nitrogens with zero attached hydrogens (tertiary/aromatic N) is 1. The van der Waals surface area contributed by atoms with Crippen LogP contribution in [0.25, 0.3) is 0 Å². The standard InChI is InChI=1S/C10H14ClNS/c11-9-3-1-2-8(6-9)7-10-12-4-5-13-10/h4-5,8-9H,1-3,6-7H2. The van der Waals surface area contributed by atoms with E-state index in [1.165, 1.54) is 30.7 Å². The van der Waals surface area contributed by atoms with Crippen LogP contribution < -0.4 is 0 Å². The summed E-state index contributed by atoms with van der Waals surface area (Å²) in [6.07, 6.45) is 8.05. The number of halogens is 1. The number of rotatable bonds is 2. The first-order chi connectivity index (χ1) is 6.34. The maximum atomic E-state index is 6.13. The Labute approximate surface area is 88.1 Å². The predicted octanol–water partition coefficient (Wildman–Crippen LogP) is 3.48. The van der Waals surface area contributed by atoms with Gasteiger partial charge in [0.1, 0.15) is 0 Å². The van der Waals surface area contributed by atoms with Gasteiger partial charge in [0.25, 0.3) is 0 Å². The SMILES string of the molecule is ClC1CCCC(Cc2nccs2)C1. The molecule has 0 amide bonds. The van der Waals surface area contributed by atoms with Gasteiger partial charge in [0, 0.05) is 23.4 Å². The Morgan fingerprint density at radius 3 is 3.15 bits per heavy atom. The lowest BCUT2D eigenvalue weighted by molar-refractivity contribution is 0.361. The second-order valence-corrected chi connectivity index (χ2v) is 5.36. The Hall–Kier alpha value is -0.0800. The predicted molar refractivity (Wildman–Crippen MR) is 57.4 cm³/mol. The minimum atomic E-state index is 0.415. The quantitative estimate of drug-likeness (QED) is 0.689. The monoisotopic (exact) mass is 215 g/mol. The van der Waals surface area contributed by atoms with Crippen molar-refractivity contribution in [3.8, 4) is 0 Å². The van der Waals surface area contributed by atoms with Gasteiger partial charge in [0.2, 0.25) is 0 Å². The molecular weight excluding hydrogens is 202 g/mol. The van der Waals surface area contributed by atoms with E-state index >= 15 is 0 Å². The van der Waals surface area contributed by atoms with Crippen molar-refractivity contribution in [1.82, 2.24) is 4.98 Å². The number of alkyl halides is 1. The van der Waals surface area contributed by atoms with E-state index in [2.05, 4.69) is 10.4 Å². The van der Waals surface area contributed by atoms with Crippen molar-refractivity contribution in [3.63, 3.8) is 0 Å². The van der Waals surface area contributed by atoms with Crippen LogP contribution >= 0.6 is 22.9 Å². The van der Waals surface area contributed by atoms with Crippen molar-refractivity contribution in [3.05, 3.63) is 16.6 Å². The fourth-order valence-corrected chi connectivity index (χ4v) is 3.15. The first-order valence-corrected chi connectivity index (χ1v) is 6.18. The molecule has 1 heterocycles. The summed E-state index contributed by atoms with van der Waals surface area (Å²) in [4.78, 5) is 4.31. The number of thiazole rings is 1. The lowest BCUT2D eigenvalue weighted by atomic mass is 9.87. The average Bonchev–Trinajstić information content (AvgIpc) is 2.57. The van der Waals surface area contributed by atoms with Gasteiger partial charge in [-0.3, -0.25) is 0 Å². The largest absolute Gasteiger partial charge is 0.250 e. The molecule has 1 nitrogen and oxygen atoms in total. The summed E-state index contributed by atoms with van der Waals surface area (Å²) in [5.41, 5.74) is 0. The van der Waals surface area contributed by atoms with Crippen molar-refractivity contribution in [2.45, 2.75) is 37.5 Å². The molecule has 0 aliphatic heterocycles. The van der Waals surface area contributed by atoms with Crippen molar-refractivity contribution >= 4 is 22.9 Å². The van der Waals surface area contributed by atoms with Crippen molar-refractivity contribution in [2.24, 2.45) is 5.92 Å². The summed E-state index contributed by atoms with van der Waals surface area (Å²) in [6.45, 7) is 0. The van der Waals surface area contributed by atoms with Gasteiger partial charge in [-0.2, -0.15) is 0 Å². The second-order valence-electron chi connectivity index (χ2n) is 3.76. The fourth-order valence-electron chi connectivity index (χ4n) is 2.01. The molecule has 1 aromatic heterocycles. The molecule has 2 rings (SSSR count). The van der Waals surface area contributed by atoms with Gasteiger partial charge >= 0.3 is 0 Å². The first kappa shape index (κ1) is 9.47. The van der Waals surface area contributed by atoms with Gasteiger partial charge in [-0.05, 0) is 25.2 Å². The number of aromatic nitrogens is 1. The van der Waals surface area contributed by atoms with E-state index in [1.807, 2.05) is 6.20 Å². The van der Waals surface area contributed by atoms with Gasteiger partial charge in [-0.25, -0.2) is 4.98 Å². The minimum absolute atomic E-state index is 0.415. The molecule has 1 saturated carbocycles. The molecule has 1 fully saturated rings. The molecule has 0 bridgehead atoms. The van der Waals surface area contributed by atoms with E-state index in [9.17, 15) is 0 Å². The minimum Gasteiger partial charge on any atom is -0.250 e. The molecule has 0 aromatic carbocycles. The second kappa shape index (κ2) is 4.43. The molecule has 0 saturated heterocycles. The summed E-state index contributed by atoms with van der Waals surface area (Å²) in [5.74, 6) is 0.780. The third kappa shape index (κ3) is 2.68. The molecule has 0 radical (unpaired) electrons. The smallest absolute Gasteiger partial charge is 0.0927 e. The van der Waals surface area contributed by atoms with E-state index in [-0.39, 0.29) is 0 Å². The number of hydrogen-bond acceptors (Lipinski definition) is 2. The number of hydrogen-bond donors (Lipinski definition) is 0. The molecule has 1 aliphatic rings. The van der Waals surface area contributed by atoms with E-state index in [0.717, 1.165) is 12.3 Å². The lowest BCUT2D eigenvalue weighted by Crippen LogP contribution is -2.17. The summed E-state index contributed by atoms with van der Waals surface area (Å²) in [7, 11) is 0. The van der Waals surface area contributed by atoms with Crippen LogP contribution in [-0.4, -0.2) is 10.4 Å². The Balaban J connectivity index is 1.87. The molecule has 1 aliphatic carbocycles. The van der Waals surface area contributed by atoms with Gasteiger partial charge in [-0.1, -0.05) is 6.42 Å². The van der Waals surface area contributed by atoms with E-state index in [4.69, 9.17) is 11.6 Å². The maximum Gasteiger partial charge on any atom is 0.0927 e.